The second-order valence-corrected chi connectivity index (χ2v) is 7.32. The van der Waals surface area contributed by atoms with Crippen LogP contribution < -0.4 is 4.72 Å². The molecule has 0 saturated carbocycles. The first kappa shape index (κ1) is 18.2. The fraction of sp³-hybridized carbons (Fsp3) is 0.353. The molecule has 2 N–H and O–H groups in total. The highest BCUT2D eigenvalue weighted by atomic mass is 32.2. The number of carbonyl (C=O) groups is 1. The van der Waals surface area contributed by atoms with E-state index in [1.807, 2.05) is 31.2 Å². The number of esters is 1. The van der Waals surface area contributed by atoms with Crippen LogP contribution in [0, 0.1) is 20.8 Å². The van der Waals surface area contributed by atoms with Crippen molar-refractivity contribution in [2.24, 2.45) is 0 Å². The molecule has 0 saturated heterocycles. The molecule has 0 bridgehead atoms. The second kappa shape index (κ2) is 7.19. The molecule has 1 aromatic heterocycles. The van der Waals surface area contributed by atoms with Crippen molar-refractivity contribution in [3.8, 4) is 0 Å². The van der Waals surface area contributed by atoms with Crippen LogP contribution in [0.5, 0.6) is 0 Å². The van der Waals surface area contributed by atoms with Gasteiger partial charge in [0.2, 0.25) is 10.0 Å². The largest absolute Gasteiger partial charge is 0.461 e. The van der Waals surface area contributed by atoms with Gasteiger partial charge in [-0.05, 0) is 33.3 Å². The van der Waals surface area contributed by atoms with E-state index >= 15 is 0 Å². The number of hydrogen-bond donors (Lipinski definition) is 2. The summed E-state index contributed by atoms with van der Waals surface area (Å²) >= 11 is 0. The Morgan fingerprint density at radius 3 is 2.58 bits per heavy atom. The Hall–Kier alpha value is -2.12. The molecule has 2 aromatic rings. The molecule has 0 unspecified atom stereocenters. The van der Waals surface area contributed by atoms with Gasteiger partial charge in [-0.25, -0.2) is 17.9 Å². The van der Waals surface area contributed by atoms with Crippen molar-refractivity contribution in [2.75, 3.05) is 6.61 Å². The van der Waals surface area contributed by atoms with E-state index in [0.29, 0.717) is 11.3 Å². The number of aromatic nitrogens is 1. The number of nitrogens with one attached hydrogen (secondary N) is 2. The second-order valence-electron chi connectivity index (χ2n) is 5.61. The van der Waals surface area contributed by atoms with Gasteiger partial charge in [0, 0.05) is 17.8 Å². The number of benzene rings is 1. The van der Waals surface area contributed by atoms with Crippen molar-refractivity contribution in [1.82, 2.24) is 9.71 Å². The van der Waals surface area contributed by atoms with Gasteiger partial charge in [0.1, 0.15) is 10.6 Å². The van der Waals surface area contributed by atoms with Crippen molar-refractivity contribution in [2.45, 2.75) is 39.1 Å². The summed E-state index contributed by atoms with van der Waals surface area (Å²) in [6.07, 6.45) is 0. The quantitative estimate of drug-likeness (QED) is 0.784. The molecular formula is C17H22N2O4S. The predicted molar refractivity (Wildman–Crippen MR) is 91.4 cm³/mol. The maximum absolute atomic E-state index is 12.6. The fourth-order valence-corrected chi connectivity index (χ4v) is 4.08. The summed E-state index contributed by atoms with van der Waals surface area (Å²) in [6.45, 7) is 7.27. The highest BCUT2D eigenvalue weighted by Crippen LogP contribution is 2.24. The Kier molecular flexibility index (Phi) is 5.46. The number of aryl methyl sites for hydroxylation is 2. The summed E-state index contributed by atoms with van der Waals surface area (Å²) in [5.74, 6) is -0.557. The zero-order valence-corrected chi connectivity index (χ0v) is 15.1. The minimum Gasteiger partial charge on any atom is -0.461 e. The Morgan fingerprint density at radius 2 is 1.96 bits per heavy atom. The Morgan fingerprint density at radius 1 is 1.25 bits per heavy atom. The molecule has 2 rings (SSSR count). The van der Waals surface area contributed by atoms with Gasteiger partial charge in [-0.15, -0.1) is 0 Å². The zero-order chi connectivity index (χ0) is 17.9. The number of hydrogen-bond acceptors (Lipinski definition) is 4. The molecule has 7 heteroatoms. The first-order chi connectivity index (χ1) is 11.3. The van der Waals surface area contributed by atoms with Crippen LogP contribution in [0.4, 0.5) is 0 Å². The molecule has 0 amide bonds. The van der Waals surface area contributed by atoms with Crippen LogP contribution >= 0.6 is 0 Å². The number of H-pyrrole nitrogens is 1. The number of ether oxygens (including phenoxy) is 1. The molecule has 1 heterocycles. The van der Waals surface area contributed by atoms with Crippen molar-refractivity contribution >= 4 is 16.0 Å². The summed E-state index contributed by atoms with van der Waals surface area (Å²) in [7, 11) is -3.75. The SMILES string of the molecule is CCOC(=O)c1[nH]c(C)c(S(=O)(=O)NCc2cccc(C)c2)c1C. The van der Waals surface area contributed by atoms with Crippen LogP contribution in [-0.4, -0.2) is 26.0 Å². The molecule has 24 heavy (non-hydrogen) atoms. The zero-order valence-electron chi connectivity index (χ0n) is 14.3. The number of sulfonamides is 1. The van der Waals surface area contributed by atoms with Crippen LogP contribution in [0.1, 0.15) is 39.8 Å². The summed E-state index contributed by atoms with van der Waals surface area (Å²) in [5.41, 5.74) is 2.88. The number of carbonyl (C=O) groups excluding carboxylic acids is 1. The average molecular weight is 350 g/mol. The van der Waals surface area contributed by atoms with Crippen LogP contribution in [0.25, 0.3) is 0 Å². The van der Waals surface area contributed by atoms with E-state index < -0.39 is 16.0 Å². The molecule has 0 radical (unpaired) electrons. The Labute approximate surface area is 142 Å². The van der Waals surface area contributed by atoms with Crippen molar-refractivity contribution < 1.29 is 17.9 Å². The molecule has 0 aliphatic heterocycles. The van der Waals surface area contributed by atoms with E-state index in [-0.39, 0.29) is 23.7 Å². The first-order valence-electron chi connectivity index (χ1n) is 7.67. The molecule has 0 aliphatic rings. The van der Waals surface area contributed by atoms with E-state index in [0.717, 1.165) is 11.1 Å². The average Bonchev–Trinajstić information content (AvgIpc) is 2.81. The first-order valence-corrected chi connectivity index (χ1v) is 9.16. The van der Waals surface area contributed by atoms with E-state index in [9.17, 15) is 13.2 Å². The smallest absolute Gasteiger partial charge is 0.355 e. The van der Waals surface area contributed by atoms with Gasteiger partial charge in [-0.2, -0.15) is 0 Å². The third-order valence-electron chi connectivity index (χ3n) is 3.67. The van der Waals surface area contributed by atoms with E-state index in [2.05, 4.69) is 9.71 Å². The van der Waals surface area contributed by atoms with Crippen LogP contribution in [0.3, 0.4) is 0 Å². The third kappa shape index (κ3) is 3.85. The molecule has 0 fully saturated rings. The minimum absolute atomic E-state index is 0.0956. The van der Waals surface area contributed by atoms with Gasteiger partial charge < -0.3 is 9.72 Å². The lowest BCUT2D eigenvalue weighted by Gasteiger charge is -2.08. The fourth-order valence-electron chi connectivity index (χ4n) is 2.62. The minimum atomic E-state index is -3.75. The normalized spacial score (nSPS) is 11.5. The highest BCUT2D eigenvalue weighted by Gasteiger charge is 2.26. The van der Waals surface area contributed by atoms with Gasteiger partial charge in [0.05, 0.1) is 6.61 Å². The lowest BCUT2D eigenvalue weighted by Crippen LogP contribution is -2.24. The summed E-state index contributed by atoms with van der Waals surface area (Å²) < 4.78 is 32.8. The van der Waals surface area contributed by atoms with E-state index in [4.69, 9.17) is 4.74 Å². The third-order valence-corrected chi connectivity index (χ3v) is 5.34. The van der Waals surface area contributed by atoms with Gasteiger partial charge >= 0.3 is 5.97 Å². The Balaban J connectivity index is 2.27. The number of aromatic amines is 1. The molecule has 6 nitrogen and oxygen atoms in total. The van der Waals surface area contributed by atoms with Crippen molar-refractivity contribution in [3.63, 3.8) is 0 Å². The van der Waals surface area contributed by atoms with Gasteiger partial charge in [-0.3, -0.25) is 0 Å². The summed E-state index contributed by atoms with van der Waals surface area (Å²) in [6, 6.07) is 7.61. The molecule has 0 spiro atoms. The molecule has 1 aromatic carbocycles. The van der Waals surface area contributed by atoms with Crippen molar-refractivity contribution in [3.05, 3.63) is 52.3 Å². The highest BCUT2D eigenvalue weighted by molar-refractivity contribution is 7.89. The standard InChI is InChI=1S/C17H22N2O4S/c1-5-23-17(20)15-12(3)16(13(4)19-15)24(21,22)18-10-14-8-6-7-11(2)9-14/h6-9,18-19H,5,10H2,1-4H3. The van der Waals surface area contributed by atoms with Crippen LogP contribution in [0.15, 0.2) is 29.2 Å². The van der Waals surface area contributed by atoms with Crippen LogP contribution in [0.2, 0.25) is 0 Å². The molecule has 0 atom stereocenters. The lowest BCUT2D eigenvalue weighted by atomic mass is 10.1. The van der Waals surface area contributed by atoms with E-state index in [1.54, 1.807) is 20.8 Å². The maximum atomic E-state index is 12.6. The molecular weight excluding hydrogens is 328 g/mol. The molecule has 0 aliphatic carbocycles. The van der Waals surface area contributed by atoms with Gasteiger partial charge in [-0.1, -0.05) is 29.8 Å². The topological polar surface area (TPSA) is 88.3 Å². The maximum Gasteiger partial charge on any atom is 0.355 e. The predicted octanol–water partition coefficient (Wildman–Crippen LogP) is 2.60. The monoisotopic (exact) mass is 350 g/mol. The van der Waals surface area contributed by atoms with Crippen molar-refractivity contribution in [1.29, 1.82) is 0 Å². The Bertz CT molecular complexity index is 853. The summed E-state index contributed by atoms with van der Waals surface area (Å²) in [4.78, 5) is 14.8. The summed E-state index contributed by atoms with van der Waals surface area (Å²) in [5, 5.41) is 0. The number of rotatable bonds is 6. The van der Waals surface area contributed by atoms with Gasteiger partial charge in [0.15, 0.2) is 0 Å². The lowest BCUT2D eigenvalue weighted by molar-refractivity contribution is 0.0519. The van der Waals surface area contributed by atoms with Gasteiger partial charge in [0.25, 0.3) is 0 Å². The van der Waals surface area contributed by atoms with E-state index in [1.165, 1.54) is 0 Å². The molecule has 130 valence electrons. The van der Waals surface area contributed by atoms with Crippen LogP contribution in [-0.2, 0) is 21.3 Å².